The fraction of sp³-hybridized carbons (Fsp3) is 0.524. The van der Waals surface area contributed by atoms with E-state index in [1.807, 2.05) is 22.8 Å². The summed E-state index contributed by atoms with van der Waals surface area (Å²) >= 11 is 0. The first-order valence-electron chi connectivity index (χ1n) is 9.70. The number of benzene rings is 1. The highest BCUT2D eigenvalue weighted by Gasteiger charge is 2.40. The molecule has 3 heterocycles. The molecular weight excluding hydrogens is 342 g/mol. The van der Waals surface area contributed by atoms with E-state index in [4.69, 9.17) is 9.47 Å². The van der Waals surface area contributed by atoms with Gasteiger partial charge >= 0.3 is 0 Å². The molecule has 0 saturated carbocycles. The summed E-state index contributed by atoms with van der Waals surface area (Å²) in [7, 11) is 1.93. The van der Waals surface area contributed by atoms with Gasteiger partial charge in [0.1, 0.15) is 0 Å². The van der Waals surface area contributed by atoms with Crippen LogP contribution in [-0.2, 0) is 27.7 Å². The summed E-state index contributed by atoms with van der Waals surface area (Å²) in [5, 5.41) is 4.61. The monoisotopic (exact) mass is 369 g/mol. The van der Waals surface area contributed by atoms with Crippen LogP contribution in [0.25, 0.3) is 11.3 Å². The number of aromatic nitrogens is 2. The normalized spacial score (nSPS) is 19.0. The van der Waals surface area contributed by atoms with Crippen LogP contribution in [0.5, 0.6) is 0 Å². The summed E-state index contributed by atoms with van der Waals surface area (Å²) in [6.07, 6.45) is 4.75. The van der Waals surface area contributed by atoms with Crippen molar-refractivity contribution in [2.45, 2.75) is 38.4 Å². The number of piperidine rings is 1. The van der Waals surface area contributed by atoms with Gasteiger partial charge in [-0.25, -0.2) is 0 Å². The molecule has 0 radical (unpaired) electrons. The lowest BCUT2D eigenvalue weighted by atomic mass is 10.0. The third kappa shape index (κ3) is 3.92. The molecule has 6 heteroatoms. The molecule has 2 aliphatic rings. The number of amides is 1. The highest BCUT2D eigenvalue weighted by molar-refractivity contribution is 5.77. The van der Waals surface area contributed by atoms with E-state index in [9.17, 15) is 4.79 Å². The molecule has 2 saturated heterocycles. The minimum Gasteiger partial charge on any atom is -0.347 e. The fourth-order valence-electron chi connectivity index (χ4n) is 3.96. The van der Waals surface area contributed by atoms with Gasteiger partial charge in [-0.3, -0.25) is 9.48 Å². The maximum atomic E-state index is 12.7. The Hall–Kier alpha value is -2.18. The molecule has 6 nitrogen and oxygen atoms in total. The third-order valence-corrected chi connectivity index (χ3v) is 5.53. The first-order valence-corrected chi connectivity index (χ1v) is 9.70. The van der Waals surface area contributed by atoms with Gasteiger partial charge in [-0.05, 0) is 18.9 Å². The van der Waals surface area contributed by atoms with Crippen LogP contribution in [0.1, 0.15) is 30.4 Å². The maximum Gasteiger partial charge on any atom is 0.222 e. The number of likely N-dealkylation sites (tertiary alicyclic amines) is 1. The van der Waals surface area contributed by atoms with Gasteiger partial charge in [0.05, 0.1) is 18.9 Å². The standard InChI is InChI=1S/C21H27N3O3/c1-16-3-5-17(6-4-16)20-18(15-23(2)22-20)7-8-19(25)24-11-9-21(10-12-24)26-13-14-27-21/h3-6,15H,7-14H2,1-2H3. The SMILES string of the molecule is Cc1ccc(-c2nn(C)cc2CCC(=O)N2CCC3(CC2)OCCO3)cc1. The lowest BCUT2D eigenvalue weighted by molar-refractivity contribution is -0.187. The minimum atomic E-state index is -0.432. The molecular formula is C21H27N3O3. The first kappa shape index (κ1) is 18.2. The Balaban J connectivity index is 1.37. The largest absolute Gasteiger partial charge is 0.347 e. The molecule has 144 valence electrons. The van der Waals surface area contributed by atoms with Crippen LogP contribution in [0.15, 0.2) is 30.5 Å². The van der Waals surface area contributed by atoms with E-state index in [-0.39, 0.29) is 5.91 Å². The zero-order valence-electron chi connectivity index (χ0n) is 16.1. The molecule has 0 unspecified atom stereocenters. The van der Waals surface area contributed by atoms with Gasteiger partial charge in [0.15, 0.2) is 5.79 Å². The molecule has 2 aliphatic heterocycles. The molecule has 0 N–H and O–H groups in total. The second-order valence-corrected chi connectivity index (χ2v) is 7.53. The average molecular weight is 369 g/mol. The van der Waals surface area contributed by atoms with Gasteiger partial charge in [0, 0.05) is 51.2 Å². The number of ether oxygens (including phenoxy) is 2. The second kappa shape index (κ2) is 7.44. The lowest BCUT2D eigenvalue weighted by Crippen LogP contribution is -2.47. The van der Waals surface area contributed by atoms with Gasteiger partial charge in [-0.1, -0.05) is 29.8 Å². The van der Waals surface area contributed by atoms with Crippen molar-refractivity contribution in [2.24, 2.45) is 7.05 Å². The van der Waals surface area contributed by atoms with Crippen molar-refractivity contribution >= 4 is 5.91 Å². The number of carbonyl (C=O) groups excluding carboxylic acids is 1. The van der Waals surface area contributed by atoms with Crippen LogP contribution in [-0.4, -0.2) is 52.7 Å². The van der Waals surface area contributed by atoms with E-state index < -0.39 is 5.79 Å². The van der Waals surface area contributed by atoms with Crippen LogP contribution < -0.4 is 0 Å². The van der Waals surface area contributed by atoms with Crippen molar-refractivity contribution in [3.05, 3.63) is 41.6 Å². The van der Waals surface area contributed by atoms with Crippen molar-refractivity contribution in [2.75, 3.05) is 26.3 Å². The Morgan fingerprint density at radius 2 is 1.81 bits per heavy atom. The predicted octanol–water partition coefficient (Wildman–Crippen LogP) is 2.69. The van der Waals surface area contributed by atoms with E-state index in [0.29, 0.717) is 39.1 Å². The van der Waals surface area contributed by atoms with Crippen LogP contribution in [0.3, 0.4) is 0 Å². The molecule has 2 fully saturated rings. The number of hydrogen-bond donors (Lipinski definition) is 0. The summed E-state index contributed by atoms with van der Waals surface area (Å²) in [5.41, 5.74) is 4.41. The van der Waals surface area contributed by atoms with Crippen LogP contribution in [0.4, 0.5) is 0 Å². The Kier molecular flexibility index (Phi) is 5.02. The highest BCUT2D eigenvalue weighted by atomic mass is 16.7. The second-order valence-electron chi connectivity index (χ2n) is 7.53. The van der Waals surface area contributed by atoms with Crippen molar-refractivity contribution in [3.63, 3.8) is 0 Å². The smallest absolute Gasteiger partial charge is 0.222 e. The molecule has 1 amide bonds. The Bertz CT molecular complexity index is 797. The van der Waals surface area contributed by atoms with Crippen molar-refractivity contribution in [1.29, 1.82) is 0 Å². The van der Waals surface area contributed by atoms with Gasteiger partial charge in [-0.15, -0.1) is 0 Å². The van der Waals surface area contributed by atoms with Gasteiger partial charge in [0.2, 0.25) is 5.91 Å². The molecule has 1 aromatic heterocycles. The molecule has 0 bridgehead atoms. The zero-order valence-corrected chi connectivity index (χ0v) is 16.1. The Morgan fingerprint density at radius 1 is 1.15 bits per heavy atom. The predicted molar refractivity (Wildman–Crippen MR) is 102 cm³/mol. The molecule has 0 atom stereocenters. The van der Waals surface area contributed by atoms with Crippen molar-refractivity contribution in [1.82, 2.24) is 14.7 Å². The number of carbonyl (C=O) groups is 1. The van der Waals surface area contributed by atoms with Crippen LogP contribution in [0, 0.1) is 6.92 Å². The topological polar surface area (TPSA) is 56.6 Å². The Morgan fingerprint density at radius 3 is 2.48 bits per heavy atom. The molecule has 27 heavy (non-hydrogen) atoms. The lowest BCUT2D eigenvalue weighted by Gasteiger charge is -2.37. The van der Waals surface area contributed by atoms with Crippen LogP contribution >= 0.6 is 0 Å². The van der Waals surface area contributed by atoms with E-state index in [1.54, 1.807) is 0 Å². The van der Waals surface area contributed by atoms with E-state index in [2.05, 4.69) is 36.3 Å². The summed E-state index contributed by atoms with van der Waals surface area (Å²) in [6.45, 7) is 4.81. The fourth-order valence-corrected chi connectivity index (χ4v) is 3.96. The summed E-state index contributed by atoms with van der Waals surface area (Å²) in [4.78, 5) is 14.6. The van der Waals surface area contributed by atoms with Crippen molar-refractivity contribution < 1.29 is 14.3 Å². The van der Waals surface area contributed by atoms with E-state index >= 15 is 0 Å². The number of nitrogens with zero attached hydrogens (tertiary/aromatic N) is 3. The molecule has 2 aromatic rings. The van der Waals surface area contributed by atoms with Gasteiger partial charge in [0.25, 0.3) is 0 Å². The van der Waals surface area contributed by atoms with Gasteiger partial charge < -0.3 is 14.4 Å². The number of rotatable bonds is 4. The molecule has 0 aliphatic carbocycles. The number of hydrogen-bond acceptors (Lipinski definition) is 4. The third-order valence-electron chi connectivity index (χ3n) is 5.53. The summed E-state index contributed by atoms with van der Waals surface area (Å²) in [6, 6.07) is 8.37. The zero-order chi connectivity index (χ0) is 18.9. The summed E-state index contributed by atoms with van der Waals surface area (Å²) in [5.74, 6) is -0.236. The van der Waals surface area contributed by atoms with Crippen molar-refractivity contribution in [3.8, 4) is 11.3 Å². The molecule has 1 spiro atoms. The van der Waals surface area contributed by atoms with E-state index in [1.165, 1.54) is 5.56 Å². The first-order chi connectivity index (χ1) is 13.0. The molecule has 4 rings (SSSR count). The number of aryl methyl sites for hydroxylation is 3. The highest BCUT2D eigenvalue weighted by Crippen LogP contribution is 2.31. The maximum absolute atomic E-state index is 12.7. The average Bonchev–Trinajstić information content (AvgIpc) is 3.28. The minimum absolute atomic E-state index is 0.196. The van der Waals surface area contributed by atoms with Gasteiger partial charge in [-0.2, -0.15) is 5.10 Å². The van der Waals surface area contributed by atoms with Crippen LogP contribution in [0.2, 0.25) is 0 Å². The van der Waals surface area contributed by atoms with E-state index in [0.717, 1.165) is 29.7 Å². The summed E-state index contributed by atoms with van der Waals surface area (Å²) < 4.78 is 13.3. The quantitative estimate of drug-likeness (QED) is 0.831. The Labute approximate surface area is 160 Å². The molecule has 1 aromatic carbocycles.